The van der Waals surface area contributed by atoms with E-state index in [0.29, 0.717) is 30.1 Å². The summed E-state index contributed by atoms with van der Waals surface area (Å²) >= 11 is 0. The van der Waals surface area contributed by atoms with Gasteiger partial charge in [-0.2, -0.15) is 0 Å². The molecule has 2 heterocycles. The second-order valence-electron chi connectivity index (χ2n) is 6.48. The van der Waals surface area contributed by atoms with Gasteiger partial charge >= 0.3 is 0 Å². The molecule has 0 N–H and O–H groups in total. The number of benzene rings is 1. The molecule has 0 aliphatic carbocycles. The molecular weight excluding hydrogens is 337 g/mol. The molecule has 7 heteroatoms. The Morgan fingerprint density at radius 3 is 2.81 bits per heavy atom. The van der Waals surface area contributed by atoms with E-state index >= 15 is 0 Å². The van der Waals surface area contributed by atoms with Crippen LogP contribution in [-0.2, 0) is 4.74 Å². The van der Waals surface area contributed by atoms with E-state index in [0.717, 1.165) is 12.8 Å². The standard InChI is InChI=1S/C19H22FN3O3/c1-14-17(10-21-13-22-14)18(24)23-9-3-8-19(11-23,25-2)12-26-16-6-4-15(20)5-7-16/h4-7,10,13H,3,8-9,11-12H2,1-2H3/t19-/m1/s1. The molecule has 1 saturated heterocycles. The zero-order chi connectivity index (χ0) is 18.6. The number of nitrogens with zero attached hydrogens (tertiary/aromatic N) is 3. The third-order valence-electron chi connectivity index (χ3n) is 4.72. The summed E-state index contributed by atoms with van der Waals surface area (Å²) in [6, 6.07) is 5.86. The van der Waals surface area contributed by atoms with Crippen molar-refractivity contribution in [1.82, 2.24) is 14.9 Å². The van der Waals surface area contributed by atoms with E-state index in [2.05, 4.69) is 9.97 Å². The van der Waals surface area contributed by atoms with Crippen molar-refractivity contribution >= 4 is 5.91 Å². The van der Waals surface area contributed by atoms with Gasteiger partial charge in [0.1, 0.15) is 30.1 Å². The van der Waals surface area contributed by atoms with Crippen LogP contribution in [0.2, 0.25) is 0 Å². The van der Waals surface area contributed by atoms with Crippen LogP contribution in [0.25, 0.3) is 0 Å². The highest BCUT2D eigenvalue weighted by Gasteiger charge is 2.38. The van der Waals surface area contributed by atoms with Crippen molar-refractivity contribution in [1.29, 1.82) is 0 Å². The molecule has 0 spiro atoms. The van der Waals surface area contributed by atoms with Crippen LogP contribution >= 0.6 is 0 Å². The monoisotopic (exact) mass is 359 g/mol. The molecule has 2 aromatic rings. The van der Waals surface area contributed by atoms with Gasteiger partial charge in [-0.25, -0.2) is 14.4 Å². The van der Waals surface area contributed by atoms with E-state index in [9.17, 15) is 9.18 Å². The number of methoxy groups -OCH3 is 1. The highest BCUT2D eigenvalue weighted by Crippen LogP contribution is 2.27. The minimum absolute atomic E-state index is 0.106. The van der Waals surface area contributed by atoms with Crippen LogP contribution in [0.1, 0.15) is 28.9 Å². The summed E-state index contributed by atoms with van der Waals surface area (Å²) in [5, 5.41) is 0. The lowest BCUT2D eigenvalue weighted by Crippen LogP contribution is -2.54. The summed E-state index contributed by atoms with van der Waals surface area (Å²) in [4.78, 5) is 22.6. The number of amides is 1. The van der Waals surface area contributed by atoms with Crippen LogP contribution in [0.3, 0.4) is 0 Å². The van der Waals surface area contributed by atoms with Gasteiger partial charge in [0, 0.05) is 19.9 Å². The third-order valence-corrected chi connectivity index (χ3v) is 4.72. The highest BCUT2D eigenvalue weighted by atomic mass is 19.1. The maximum atomic E-state index is 13.0. The van der Waals surface area contributed by atoms with Crippen molar-refractivity contribution in [2.75, 3.05) is 26.8 Å². The summed E-state index contributed by atoms with van der Waals surface area (Å²) in [5.74, 6) is 0.151. The Kier molecular flexibility index (Phi) is 5.46. The molecule has 1 fully saturated rings. The Balaban J connectivity index is 1.71. The molecule has 6 nitrogen and oxygen atoms in total. The number of carbonyl (C=O) groups is 1. The normalized spacial score (nSPS) is 20.0. The van der Waals surface area contributed by atoms with Crippen molar-refractivity contribution in [2.45, 2.75) is 25.4 Å². The molecule has 0 radical (unpaired) electrons. The van der Waals surface area contributed by atoms with Crippen LogP contribution in [-0.4, -0.2) is 53.2 Å². The van der Waals surface area contributed by atoms with Crippen molar-refractivity contribution in [3.05, 3.63) is 53.9 Å². The van der Waals surface area contributed by atoms with Crippen molar-refractivity contribution in [3.8, 4) is 5.75 Å². The van der Waals surface area contributed by atoms with E-state index in [1.807, 2.05) is 0 Å². The summed E-state index contributed by atoms with van der Waals surface area (Å²) in [6.45, 7) is 3.13. The van der Waals surface area contributed by atoms with E-state index < -0.39 is 5.60 Å². The fourth-order valence-corrected chi connectivity index (χ4v) is 3.13. The predicted octanol–water partition coefficient (Wildman–Crippen LogP) is 2.62. The average Bonchev–Trinajstić information content (AvgIpc) is 2.67. The van der Waals surface area contributed by atoms with Gasteiger partial charge < -0.3 is 14.4 Å². The zero-order valence-electron chi connectivity index (χ0n) is 14.9. The summed E-state index contributed by atoms with van der Waals surface area (Å²) in [7, 11) is 1.62. The second-order valence-corrected chi connectivity index (χ2v) is 6.48. The lowest BCUT2D eigenvalue weighted by Gasteiger charge is -2.41. The molecule has 0 saturated carbocycles. The highest BCUT2D eigenvalue weighted by molar-refractivity contribution is 5.95. The lowest BCUT2D eigenvalue weighted by molar-refractivity contribution is -0.0825. The minimum atomic E-state index is -0.605. The van der Waals surface area contributed by atoms with Crippen LogP contribution in [0.5, 0.6) is 5.75 Å². The third kappa shape index (κ3) is 3.99. The number of aryl methyl sites for hydroxylation is 1. The van der Waals surface area contributed by atoms with Gasteiger partial charge in [0.05, 0.1) is 17.8 Å². The molecule has 0 unspecified atom stereocenters. The Labute approximate surface area is 152 Å². The molecule has 1 aromatic heterocycles. The fraction of sp³-hybridized carbons (Fsp3) is 0.421. The number of likely N-dealkylation sites (tertiary alicyclic amines) is 1. The molecule has 1 aromatic carbocycles. The molecule has 3 rings (SSSR count). The van der Waals surface area contributed by atoms with Gasteiger partial charge in [-0.1, -0.05) is 0 Å². The molecule has 26 heavy (non-hydrogen) atoms. The van der Waals surface area contributed by atoms with E-state index in [1.54, 1.807) is 37.3 Å². The molecule has 1 aliphatic heterocycles. The largest absolute Gasteiger partial charge is 0.491 e. The molecule has 1 aliphatic rings. The Morgan fingerprint density at radius 2 is 2.12 bits per heavy atom. The van der Waals surface area contributed by atoms with Crippen LogP contribution in [0, 0.1) is 12.7 Å². The molecule has 1 amide bonds. The topological polar surface area (TPSA) is 64.6 Å². The smallest absolute Gasteiger partial charge is 0.257 e. The second kappa shape index (κ2) is 7.78. The fourth-order valence-electron chi connectivity index (χ4n) is 3.13. The van der Waals surface area contributed by atoms with Gasteiger partial charge in [-0.05, 0) is 44.0 Å². The predicted molar refractivity (Wildman–Crippen MR) is 93.5 cm³/mol. The van der Waals surface area contributed by atoms with Crippen molar-refractivity contribution < 1.29 is 18.7 Å². The van der Waals surface area contributed by atoms with Crippen molar-refractivity contribution in [3.63, 3.8) is 0 Å². The van der Waals surface area contributed by atoms with Crippen LogP contribution < -0.4 is 4.74 Å². The zero-order valence-corrected chi connectivity index (χ0v) is 14.9. The first kappa shape index (κ1) is 18.3. The SMILES string of the molecule is CO[C@]1(COc2ccc(F)cc2)CCCN(C(=O)c2cncnc2C)C1. The van der Waals surface area contributed by atoms with Gasteiger partial charge in [0.15, 0.2) is 0 Å². The van der Waals surface area contributed by atoms with Gasteiger partial charge in [0.2, 0.25) is 0 Å². The average molecular weight is 359 g/mol. The van der Waals surface area contributed by atoms with Gasteiger partial charge in [-0.3, -0.25) is 4.79 Å². The number of piperidine rings is 1. The van der Waals surface area contributed by atoms with Crippen molar-refractivity contribution in [2.24, 2.45) is 0 Å². The van der Waals surface area contributed by atoms with Gasteiger partial charge in [0.25, 0.3) is 5.91 Å². The number of aromatic nitrogens is 2. The maximum absolute atomic E-state index is 13.0. The van der Waals surface area contributed by atoms with E-state index in [-0.39, 0.29) is 18.3 Å². The summed E-state index contributed by atoms with van der Waals surface area (Å²) in [5.41, 5.74) is 0.547. The number of ether oxygens (including phenoxy) is 2. The lowest BCUT2D eigenvalue weighted by atomic mass is 9.92. The summed E-state index contributed by atoms with van der Waals surface area (Å²) < 4.78 is 24.6. The molecule has 0 bridgehead atoms. The Bertz CT molecular complexity index is 769. The Hall–Kier alpha value is -2.54. The first-order valence-corrected chi connectivity index (χ1v) is 8.52. The first-order chi connectivity index (χ1) is 12.5. The van der Waals surface area contributed by atoms with Crippen LogP contribution in [0.4, 0.5) is 4.39 Å². The quantitative estimate of drug-likeness (QED) is 0.821. The van der Waals surface area contributed by atoms with Gasteiger partial charge in [-0.15, -0.1) is 0 Å². The number of halogens is 1. The minimum Gasteiger partial charge on any atom is -0.491 e. The van der Waals surface area contributed by atoms with E-state index in [1.165, 1.54) is 18.5 Å². The van der Waals surface area contributed by atoms with Crippen LogP contribution in [0.15, 0.2) is 36.8 Å². The van der Waals surface area contributed by atoms with E-state index in [4.69, 9.17) is 9.47 Å². The number of hydrogen-bond acceptors (Lipinski definition) is 5. The molecule has 1 atom stereocenters. The number of hydrogen-bond donors (Lipinski definition) is 0. The maximum Gasteiger partial charge on any atom is 0.257 e. The number of rotatable bonds is 5. The Morgan fingerprint density at radius 1 is 1.35 bits per heavy atom. The molecule has 138 valence electrons. The summed E-state index contributed by atoms with van der Waals surface area (Å²) in [6.07, 6.45) is 4.55. The first-order valence-electron chi connectivity index (χ1n) is 8.52. The molecular formula is C19H22FN3O3. The number of carbonyl (C=O) groups excluding carboxylic acids is 1.